The first kappa shape index (κ1) is 10.4. The van der Waals surface area contributed by atoms with Gasteiger partial charge >= 0.3 is 0 Å². The second kappa shape index (κ2) is 3.21. The van der Waals surface area contributed by atoms with Gasteiger partial charge in [0.1, 0.15) is 0 Å². The molecule has 0 aromatic heterocycles. The Bertz CT molecular complexity index is 222. The van der Waals surface area contributed by atoms with Gasteiger partial charge in [-0.3, -0.25) is 0 Å². The van der Waals surface area contributed by atoms with Gasteiger partial charge < -0.3 is 10.2 Å². The molecule has 0 spiro atoms. The van der Waals surface area contributed by atoms with E-state index in [4.69, 9.17) is 0 Å². The highest BCUT2D eigenvalue weighted by atomic mass is 16.3. The lowest BCUT2D eigenvalue weighted by molar-refractivity contribution is 0.00651. The summed E-state index contributed by atoms with van der Waals surface area (Å²) >= 11 is 0. The van der Waals surface area contributed by atoms with E-state index in [0.29, 0.717) is 17.3 Å². The zero-order chi connectivity index (χ0) is 10.4. The second-order valence-corrected chi connectivity index (χ2v) is 5.73. The SMILES string of the molecule is C[C@@H]1CC(CO)(CO)[C@H]2CCC[C@@]12C. The molecule has 2 saturated carbocycles. The normalized spacial score (nSPS) is 45.4. The number of hydrogen-bond donors (Lipinski definition) is 2. The van der Waals surface area contributed by atoms with Crippen LogP contribution in [0.15, 0.2) is 0 Å². The minimum atomic E-state index is -0.176. The van der Waals surface area contributed by atoms with Crippen molar-refractivity contribution in [1.29, 1.82) is 0 Å². The Labute approximate surface area is 86.3 Å². The largest absolute Gasteiger partial charge is 0.396 e. The fraction of sp³-hybridized carbons (Fsp3) is 1.00. The summed E-state index contributed by atoms with van der Waals surface area (Å²) in [4.78, 5) is 0. The fourth-order valence-electron chi connectivity index (χ4n) is 4.17. The molecule has 82 valence electrons. The van der Waals surface area contributed by atoms with Crippen molar-refractivity contribution in [3.05, 3.63) is 0 Å². The molecule has 2 heteroatoms. The van der Waals surface area contributed by atoms with Crippen LogP contribution >= 0.6 is 0 Å². The standard InChI is InChI=1S/C12H22O2/c1-9-6-12(7-13,8-14)10-4-3-5-11(9,10)2/h9-10,13-14H,3-8H2,1-2H3/t9-,10+,11+/m1/s1. The van der Waals surface area contributed by atoms with Crippen LogP contribution in [0.25, 0.3) is 0 Å². The third-order valence-electron chi connectivity index (χ3n) is 5.21. The summed E-state index contributed by atoms with van der Waals surface area (Å²) in [6.45, 7) is 4.95. The molecule has 0 radical (unpaired) electrons. The Hall–Kier alpha value is -0.0800. The summed E-state index contributed by atoms with van der Waals surface area (Å²) in [7, 11) is 0. The molecule has 2 aliphatic rings. The van der Waals surface area contributed by atoms with Crippen molar-refractivity contribution < 1.29 is 10.2 Å². The number of hydrogen-bond acceptors (Lipinski definition) is 2. The van der Waals surface area contributed by atoms with Crippen LogP contribution in [0.3, 0.4) is 0 Å². The van der Waals surface area contributed by atoms with Gasteiger partial charge in [0.2, 0.25) is 0 Å². The summed E-state index contributed by atoms with van der Waals surface area (Å²) in [5.74, 6) is 1.19. The van der Waals surface area contributed by atoms with Crippen molar-refractivity contribution >= 4 is 0 Å². The van der Waals surface area contributed by atoms with Crippen molar-refractivity contribution in [3.63, 3.8) is 0 Å². The molecule has 0 aromatic carbocycles. The van der Waals surface area contributed by atoms with Crippen LogP contribution in [-0.2, 0) is 0 Å². The molecule has 0 unspecified atom stereocenters. The van der Waals surface area contributed by atoms with E-state index in [9.17, 15) is 10.2 Å². The topological polar surface area (TPSA) is 40.5 Å². The average Bonchev–Trinajstić information content (AvgIpc) is 2.65. The fourth-order valence-corrected chi connectivity index (χ4v) is 4.17. The van der Waals surface area contributed by atoms with E-state index in [-0.39, 0.29) is 18.6 Å². The third-order valence-corrected chi connectivity index (χ3v) is 5.21. The van der Waals surface area contributed by atoms with Gasteiger partial charge in [-0.05, 0) is 36.5 Å². The number of aliphatic hydroxyl groups excluding tert-OH is 2. The van der Waals surface area contributed by atoms with Crippen molar-refractivity contribution in [1.82, 2.24) is 0 Å². The molecule has 2 rings (SSSR count). The number of fused-ring (bicyclic) bond motifs is 1. The molecule has 3 atom stereocenters. The first-order chi connectivity index (χ1) is 6.59. The average molecular weight is 198 g/mol. The Morgan fingerprint density at radius 2 is 1.93 bits per heavy atom. The summed E-state index contributed by atoms with van der Waals surface area (Å²) in [5, 5.41) is 19.1. The zero-order valence-electron chi connectivity index (χ0n) is 9.29. The third kappa shape index (κ3) is 1.10. The molecule has 0 heterocycles. The van der Waals surface area contributed by atoms with Crippen LogP contribution in [0.4, 0.5) is 0 Å². The molecule has 14 heavy (non-hydrogen) atoms. The molecular weight excluding hydrogens is 176 g/mol. The highest BCUT2D eigenvalue weighted by Crippen LogP contribution is 2.64. The van der Waals surface area contributed by atoms with E-state index in [1.807, 2.05) is 0 Å². The van der Waals surface area contributed by atoms with Crippen LogP contribution in [-0.4, -0.2) is 23.4 Å². The molecule has 0 aliphatic heterocycles. The Morgan fingerprint density at radius 1 is 1.29 bits per heavy atom. The molecule has 0 saturated heterocycles. The summed E-state index contributed by atoms with van der Waals surface area (Å²) in [6, 6.07) is 0. The van der Waals surface area contributed by atoms with Crippen molar-refractivity contribution in [2.45, 2.75) is 39.5 Å². The van der Waals surface area contributed by atoms with Crippen LogP contribution < -0.4 is 0 Å². The Balaban J connectivity index is 2.32. The lowest BCUT2D eigenvalue weighted by atomic mass is 9.71. The quantitative estimate of drug-likeness (QED) is 0.710. The maximum absolute atomic E-state index is 9.54. The van der Waals surface area contributed by atoms with Crippen LogP contribution in [0.1, 0.15) is 39.5 Å². The van der Waals surface area contributed by atoms with Crippen LogP contribution in [0.2, 0.25) is 0 Å². The van der Waals surface area contributed by atoms with Gasteiger partial charge in [-0.2, -0.15) is 0 Å². The minimum Gasteiger partial charge on any atom is -0.396 e. The summed E-state index contributed by atoms with van der Waals surface area (Å²) in [6.07, 6.45) is 4.75. The van der Waals surface area contributed by atoms with Gasteiger partial charge in [-0.1, -0.05) is 20.3 Å². The van der Waals surface area contributed by atoms with Crippen molar-refractivity contribution in [3.8, 4) is 0 Å². The molecule has 2 fully saturated rings. The molecule has 2 nitrogen and oxygen atoms in total. The van der Waals surface area contributed by atoms with Gasteiger partial charge in [0.15, 0.2) is 0 Å². The summed E-state index contributed by atoms with van der Waals surface area (Å²) in [5.41, 5.74) is 0.204. The zero-order valence-corrected chi connectivity index (χ0v) is 9.29. The summed E-state index contributed by atoms with van der Waals surface area (Å²) < 4.78 is 0. The molecule has 2 aliphatic carbocycles. The molecule has 0 aromatic rings. The molecule has 0 bridgehead atoms. The molecular formula is C12H22O2. The highest BCUT2D eigenvalue weighted by Gasteiger charge is 2.59. The molecule has 0 amide bonds. The van der Waals surface area contributed by atoms with Gasteiger partial charge in [-0.25, -0.2) is 0 Å². The van der Waals surface area contributed by atoms with Gasteiger partial charge in [-0.15, -0.1) is 0 Å². The van der Waals surface area contributed by atoms with E-state index in [0.717, 1.165) is 6.42 Å². The molecule has 2 N–H and O–H groups in total. The first-order valence-electron chi connectivity index (χ1n) is 5.81. The van der Waals surface area contributed by atoms with Crippen molar-refractivity contribution in [2.75, 3.05) is 13.2 Å². The van der Waals surface area contributed by atoms with Crippen LogP contribution in [0.5, 0.6) is 0 Å². The van der Waals surface area contributed by atoms with Crippen molar-refractivity contribution in [2.24, 2.45) is 22.7 Å². The van der Waals surface area contributed by atoms with E-state index < -0.39 is 0 Å². The second-order valence-electron chi connectivity index (χ2n) is 5.73. The predicted octanol–water partition coefficient (Wildman–Crippen LogP) is 1.80. The number of rotatable bonds is 2. The highest BCUT2D eigenvalue weighted by molar-refractivity contribution is 5.08. The van der Waals surface area contributed by atoms with Gasteiger partial charge in [0.25, 0.3) is 0 Å². The lowest BCUT2D eigenvalue weighted by Crippen LogP contribution is -2.36. The van der Waals surface area contributed by atoms with E-state index in [1.54, 1.807) is 0 Å². The monoisotopic (exact) mass is 198 g/mol. The first-order valence-corrected chi connectivity index (χ1v) is 5.81. The van der Waals surface area contributed by atoms with E-state index >= 15 is 0 Å². The smallest absolute Gasteiger partial charge is 0.0512 e. The van der Waals surface area contributed by atoms with Gasteiger partial charge in [0, 0.05) is 5.41 Å². The predicted molar refractivity (Wildman–Crippen MR) is 55.8 cm³/mol. The maximum atomic E-state index is 9.54. The van der Waals surface area contributed by atoms with Crippen LogP contribution in [0, 0.1) is 22.7 Å². The number of aliphatic hydroxyl groups is 2. The Kier molecular flexibility index (Phi) is 2.39. The Morgan fingerprint density at radius 3 is 2.50 bits per heavy atom. The van der Waals surface area contributed by atoms with E-state index in [1.165, 1.54) is 19.3 Å². The minimum absolute atomic E-state index is 0.161. The van der Waals surface area contributed by atoms with E-state index in [2.05, 4.69) is 13.8 Å². The van der Waals surface area contributed by atoms with Gasteiger partial charge in [0.05, 0.1) is 13.2 Å². The maximum Gasteiger partial charge on any atom is 0.0512 e. The lowest BCUT2D eigenvalue weighted by Gasteiger charge is -2.35.